The van der Waals surface area contributed by atoms with Crippen molar-refractivity contribution in [2.75, 3.05) is 20.3 Å². The van der Waals surface area contributed by atoms with Gasteiger partial charge in [-0.25, -0.2) is 4.79 Å². The second kappa shape index (κ2) is 4.39. The van der Waals surface area contributed by atoms with E-state index in [1.165, 1.54) is 7.11 Å². The number of carbonyl (C=O) groups is 2. The molecule has 0 spiro atoms. The smallest absolute Gasteiger partial charge is 0.409 e. The molecule has 0 aliphatic carbocycles. The molecule has 5 nitrogen and oxygen atoms in total. The summed E-state index contributed by atoms with van der Waals surface area (Å²) in [6.45, 7) is 6.70. The van der Waals surface area contributed by atoms with Crippen LogP contribution in [-0.4, -0.2) is 43.3 Å². The molecule has 17 heavy (non-hydrogen) atoms. The maximum atomic E-state index is 11.7. The third-order valence-electron chi connectivity index (χ3n) is 3.66. The average molecular weight is 239 g/mol. The van der Waals surface area contributed by atoms with Gasteiger partial charge in [-0.1, -0.05) is 12.2 Å². The summed E-state index contributed by atoms with van der Waals surface area (Å²) in [6.07, 6.45) is -0.00271. The van der Waals surface area contributed by atoms with Gasteiger partial charge in [-0.05, 0) is 6.92 Å². The van der Waals surface area contributed by atoms with Crippen LogP contribution >= 0.6 is 0 Å². The lowest BCUT2D eigenvalue weighted by Crippen LogP contribution is -2.44. The highest BCUT2D eigenvalue weighted by molar-refractivity contribution is 5.73. The summed E-state index contributed by atoms with van der Waals surface area (Å²) in [5.74, 6) is 0.0871. The summed E-state index contributed by atoms with van der Waals surface area (Å²) in [5.41, 5.74) is 1.00. The van der Waals surface area contributed by atoms with E-state index in [0.29, 0.717) is 13.0 Å². The first-order chi connectivity index (χ1) is 8.04. The largest absolute Gasteiger partial charge is 0.463 e. The molecule has 0 aromatic heterocycles. The van der Waals surface area contributed by atoms with Gasteiger partial charge >= 0.3 is 12.1 Å². The molecule has 0 N–H and O–H groups in total. The van der Waals surface area contributed by atoms with E-state index in [4.69, 9.17) is 9.47 Å². The molecular formula is C12H17NO4. The summed E-state index contributed by atoms with van der Waals surface area (Å²) >= 11 is 0. The lowest BCUT2D eigenvalue weighted by atomic mass is 9.83. The monoisotopic (exact) mass is 239 g/mol. The molecule has 0 aromatic rings. The summed E-state index contributed by atoms with van der Waals surface area (Å²) in [6, 6.07) is -0.0677. The molecule has 2 fully saturated rings. The Morgan fingerprint density at radius 2 is 2.29 bits per heavy atom. The third kappa shape index (κ3) is 2.01. The van der Waals surface area contributed by atoms with Gasteiger partial charge in [0.2, 0.25) is 0 Å². The summed E-state index contributed by atoms with van der Waals surface area (Å²) < 4.78 is 9.78. The first-order valence-electron chi connectivity index (χ1n) is 5.70. The van der Waals surface area contributed by atoms with E-state index in [0.717, 1.165) is 5.57 Å². The Morgan fingerprint density at radius 1 is 1.59 bits per heavy atom. The van der Waals surface area contributed by atoms with Crippen LogP contribution in [0.5, 0.6) is 0 Å². The Kier molecular flexibility index (Phi) is 3.09. The van der Waals surface area contributed by atoms with Gasteiger partial charge in [0.25, 0.3) is 0 Å². The molecule has 5 heteroatoms. The number of nitrogens with zero attached hydrogens (tertiary/aromatic N) is 1. The quantitative estimate of drug-likeness (QED) is 0.509. The van der Waals surface area contributed by atoms with E-state index < -0.39 is 0 Å². The number of ether oxygens (including phenoxy) is 2. The molecule has 2 saturated heterocycles. The Morgan fingerprint density at radius 3 is 2.88 bits per heavy atom. The van der Waals surface area contributed by atoms with Crippen molar-refractivity contribution < 1.29 is 19.1 Å². The number of cyclic esters (lactones) is 1. The molecule has 94 valence electrons. The van der Waals surface area contributed by atoms with Crippen LogP contribution in [0.2, 0.25) is 0 Å². The van der Waals surface area contributed by atoms with Crippen molar-refractivity contribution in [2.45, 2.75) is 19.4 Å². The van der Waals surface area contributed by atoms with Crippen LogP contribution in [0.3, 0.4) is 0 Å². The molecule has 3 atom stereocenters. The minimum Gasteiger partial charge on any atom is -0.463 e. The minimum absolute atomic E-state index is 0.0677. The van der Waals surface area contributed by atoms with E-state index in [9.17, 15) is 9.59 Å². The number of hydrogen-bond acceptors (Lipinski definition) is 4. The van der Waals surface area contributed by atoms with Crippen LogP contribution in [-0.2, 0) is 14.3 Å². The standard InChI is InChI=1S/C12H17NO4/c1-7(2)9-5-13(12(15)16-3)10-6-17-11(14)4-8(9)10/h8-10H,1,4-6H2,2-3H3/t8-,9+,10-/m1/s1. The second-order valence-electron chi connectivity index (χ2n) is 4.69. The molecule has 2 rings (SSSR count). The molecule has 2 aliphatic rings. The van der Waals surface area contributed by atoms with Gasteiger partial charge in [-0.2, -0.15) is 0 Å². The maximum absolute atomic E-state index is 11.7. The number of rotatable bonds is 1. The van der Waals surface area contributed by atoms with Crippen LogP contribution in [0.15, 0.2) is 12.2 Å². The number of methoxy groups -OCH3 is 1. The molecule has 0 saturated carbocycles. The predicted molar refractivity (Wildman–Crippen MR) is 60.3 cm³/mol. The van der Waals surface area contributed by atoms with Crippen molar-refractivity contribution in [3.05, 3.63) is 12.2 Å². The predicted octanol–water partition coefficient (Wildman–Crippen LogP) is 1.19. The highest BCUT2D eigenvalue weighted by Gasteiger charge is 2.48. The highest BCUT2D eigenvalue weighted by Crippen LogP contribution is 2.39. The van der Waals surface area contributed by atoms with Crippen LogP contribution < -0.4 is 0 Å². The zero-order chi connectivity index (χ0) is 12.6. The molecular weight excluding hydrogens is 222 g/mol. The normalized spacial score (nSPS) is 31.8. The van der Waals surface area contributed by atoms with Gasteiger partial charge in [0.15, 0.2) is 0 Å². The van der Waals surface area contributed by atoms with Crippen molar-refractivity contribution in [3.8, 4) is 0 Å². The highest BCUT2D eigenvalue weighted by atomic mass is 16.5. The van der Waals surface area contributed by atoms with Gasteiger partial charge in [0.1, 0.15) is 6.61 Å². The third-order valence-corrected chi connectivity index (χ3v) is 3.66. The number of carbonyl (C=O) groups excluding carboxylic acids is 2. The Labute approximate surface area is 100 Å². The number of fused-ring (bicyclic) bond motifs is 1. The zero-order valence-electron chi connectivity index (χ0n) is 10.1. The summed E-state index contributed by atoms with van der Waals surface area (Å²) in [7, 11) is 1.36. The summed E-state index contributed by atoms with van der Waals surface area (Å²) in [4.78, 5) is 24.6. The average Bonchev–Trinajstić information content (AvgIpc) is 2.66. The van der Waals surface area contributed by atoms with Crippen LogP contribution in [0.4, 0.5) is 4.79 Å². The van der Waals surface area contributed by atoms with Gasteiger partial charge in [0.05, 0.1) is 19.6 Å². The van der Waals surface area contributed by atoms with Crippen LogP contribution in [0.25, 0.3) is 0 Å². The Hall–Kier alpha value is -1.52. The van der Waals surface area contributed by atoms with Gasteiger partial charge < -0.3 is 14.4 Å². The number of esters is 1. The zero-order valence-corrected chi connectivity index (χ0v) is 10.1. The van der Waals surface area contributed by atoms with E-state index in [2.05, 4.69) is 6.58 Å². The SMILES string of the molecule is C=C(C)[C@@H]1CN(C(=O)OC)[C@@H]2COC(=O)C[C@@H]21. The molecule has 0 aromatic carbocycles. The maximum Gasteiger partial charge on any atom is 0.409 e. The van der Waals surface area contributed by atoms with E-state index in [1.54, 1.807) is 4.90 Å². The first-order valence-corrected chi connectivity index (χ1v) is 5.70. The van der Waals surface area contributed by atoms with Crippen LogP contribution in [0.1, 0.15) is 13.3 Å². The molecule has 2 heterocycles. The van der Waals surface area contributed by atoms with E-state index >= 15 is 0 Å². The molecule has 1 amide bonds. The van der Waals surface area contributed by atoms with Gasteiger partial charge in [0, 0.05) is 18.4 Å². The molecule has 0 radical (unpaired) electrons. The molecule has 0 unspecified atom stereocenters. The fourth-order valence-electron chi connectivity index (χ4n) is 2.75. The van der Waals surface area contributed by atoms with Crippen molar-refractivity contribution in [2.24, 2.45) is 11.8 Å². The lowest BCUT2D eigenvalue weighted by Gasteiger charge is -2.30. The number of likely N-dealkylation sites (tertiary alicyclic amines) is 1. The number of amides is 1. The minimum atomic E-state index is -0.360. The second-order valence-corrected chi connectivity index (χ2v) is 4.69. The molecule has 2 aliphatic heterocycles. The fraction of sp³-hybridized carbons (Fsp3) is 0.667. The van der Waals surface area contributed by atoms with Crippen molar-refractivity contribution in [1.82, 2.24) is 4.90 Å². The van der Waals surface area contributed by atoms with Crippen molar-refractivity contribution in [3.63, 3.8) is 0 Å². The van der Waals surface area contributed by atoms with Crippen molar-refractivity contribution in [1.29, 1.82) is 0 Å². The van der Waals surface area contributed by atoms with Crippen LogP contribution in [0, 0.1) is 11.8 Å². The van der Waals surface area contributed by atoms with Gasteiger partial charge in [-0.15, -0.1) is 0 Å². The topological polar surface area (TPSA) is 55.8 Å². The fourth-order valence-corrected chi connectivity index (χ4v) is 2.75. The molecule has 0 bridgehead atoms. The van der Waals surface area contributed by atoms with E-state index in [1.807, 2.05) is 6.92 Å². The van der Waals surface area contributed by atoms with Crippen molar-refractivity contribution >= 4 is 12.1 Å². The lowest BCUT2D eigenvalue weighted by molar-refractivity contribution is -0.151. The van der Waals surface area contributed by atoms with Gasteiger partial charge in [-0.3, -0.25) is 4.79 Å². The van der Waals surface area contributed by atoms with E-state index in [-0.39, 0.29) is 36.5 Å². The number of hydrogen-bond donors (Lipinski definition) is 0. The Bertz CT molecular complexity index is 366. The Balaban J connectivity index is 2.22. The first kappa shape index (κ1) is 12.0. The summed E-state index contributed by atoms with van der Waals surface area (Å²) in [5, 5.41) is 0.